The van der Waals surface area contributed by atoms with E-state index in [0.717, 1.165) is 5.56 Å². The average Bonchev–Trinajstić information content (AvgIpc) is 2.39. The van der Waals surface area contributed by atoms with Crippen LogP contribution in [0.25, 0.3) is 0 Å². The molecule has 1 N–H and O–H groups in total. The van der Waals surface area contributed by atoms with Crippen LogP contribution in [0.4, 0.5) is 0 Å². The molecule has 7 heteroatoms. The zero-order valence-corrected chi connectivity index (χ0v) is 13.1. The molecule has 2 rings (SSSR count). The molecule has 1 unspecified atom stereocenters. The van der Waals surface area contributed by atoms with Crippen LogP contribution in [0.5, 0.6) is 5.75 Å². The highest BCUT2D eigenvalue weighted by molar-refractivity contribution is 7.53. The van der Waals surface area contributed by atoms with Gasteiger partial charge in [-0.15, -0.1) is 0 Å². The van der Waals surface area contributed by atoms with Crippen molar-refractivity contribution >= 4 is 13.5 Å². The molecule has 1 heterocycles. The highest BCUT2D eigenvalue weighted by Crippen LogP contribution is 2.51. The Morgan fingerprint density at radius 3 is 2.24 bits per heavy atom. The van der Waals surface area contributed by atoms with Gasteiger partial charge in [-0.05, 0) is 31.5 Å². The van der Waals surface area contributed by atoms with Crippen LogP contribution in [-0.2, 0) is 24.6 Å². The minimum Gasteiger partial charge on any atom is -0.470 e. The first kappa shape index (κ1) is 16.0. The van der Waals surface area contributed by atoms with Gasteiger partial charge in [0.1, 0.15) is 5.75 Å². The number of hydrogen-bond acceptors (Lipinski definition) is 5. The van der Waals surface area contributed by atoms with Crippen molar-refractivity contribution in [3.8, 4) is 5.75 Å². The third-order valence-corrected chi connectivity index (χ3v) is 4.98. The molecule has 0 spiro atoms. The molecule has 0 bridgehead atoms. The lowest BCUT2D eigenvalue weighted by molar-refractivity contribution is -0.134. The van der Waals surface area contributed by atoms with E-state index < -0.39 is 7.60 Å². The first-order valence-electron chi connectivity index (χ1n) is 6.97. The number of rotatable bonds is 8. The summed E-state index contributed by atoms with van der Waals surface area (Å²) < 4.78 is 28.5. The Balaban J connectivity index is 1.94. The zero-order chi connectivity index (χ0) is 15.3. The van der Waals surface area contributed by atoms with E-state index in [1.54, 1.807) is 26.0 Å². The topological polar surface area (TPSA) is 73.9 Å². The molecule has 0 saturated carbocycles. The lowest BCUT2D eigenvalue weighted by Gasteiger charge is -2.27. The van der Waals surface area contributed by atoms with E-state index in [2.05, 4.69) is 5.32 Å². The molecule has 1 aliphatic rings. The van der Waals surface area contributed by atoms with Crippen molar-refractivity contribution in [3.63, 3.8) is 0 Å². The molecule has 1 aromatic carbocycles. The van der Waals surface area contributed by atoms with Crippen LogP contribution < -0.4 is 10.1 Å². The molecule has 1 amide bonds. The van der Waals surface area contributed by atoms with Crippen molar-refractivity contribution in [3.05, 3.63) is 29.8 Å². The summed E-state index contributed by atoms with van der Waals surface area (Å²) in [5, 5.41) is 2.63. The summed E-state index contributed by atoms with van der Waals surface area (Å²) in [5.74, 6) is 0.650. The van der Waals surface area contributed by atoms with Gasteiger partial charge in [0.2, 0.25) is 5.91 Å². The quantitative estimate of drug-likeness (QED) is 0.590. The van der Waals surface area contributed by atoms with E-state index in [9.17, 15) is 9.36 Å². The summed E-state index contributed by atoms with van der Waals surface area (Å²) in [4.78, 5) is 10.8. The number of hydrogen-bond donors (Lipinski definition) is 1. The molecular formula is C14H20NO5P. The lowest BCUT2D eigenvalue weighted by Crippen LogP contribution is -2.51. The summed E-state index contributed by atoms with van der Waals surface area (Å²) in [7, 11) is -3.08. The van der Waals surface area contributed by atoms with Crippen molar-refractivity contribution in [2.45, 2.75) is 32.7 Å². The Kier molecular flexibility index (Phi) is 5.39. The van der Waals surface area contributed by atoms with Crippen molar-refractivity contribution in [1.82, 2.24) is 5.32 Å². The van der Waals surface area contributed by atoms with Gasteiger partial charge in [-0.1, -0.05) is 12.1 Å². The highest BCUT2D eigenvalue weighted by atomic mass is 31.2. The summed E-state index contributed by atoms with van der Waals surface area (Å²) in [6.07, 6.45) is 0.363. The molecule has 21 heavy (non-hydrogen) atoms. The van der Waals surface area contributed by atoms with E-state index >= 15 is 0 Å². The maximum Gasteiger partial charge on any atom is 0.335 e. The average molecular weight is 313 g/mol. The number of β-lactam (4-membered cyclic amide) rings is 1. The smallest absolute Gasteiger partial charge is 0.335 e. The van der Waals surface area contributed by atoms with Crippen LogP contribution >= 0.6 is 7.60 Å². The Morgan fingerprint density at radius 1 is 1.19 bits per heavy atom. The predicted molar refractivity (Wildman–Crippen MR) is 78.2 cm³/mol. The fourth-order valence-corrected chi connectivity index (χ4v) is 3.68. The van der Waals surface area contributed by atoms with Crippen molar-refractivity contribution in [1.29, 1.82) is 0 Å². The minimum absolute atomic E-state index is 0.00834. The summed E-state index contributed by atoms with van der Waals surface area (Å²) in [6, 6.07) is 7.20. The van der Waals surface area contributed by atoms with Gasteiger partial charge in [-0.2, -0.15) is 0 Å². The number of nitrogens with one attached hydrogen (secondary N) is 1. The Morgan fingerprint density at radius 2 is 1.76 bits per heavy atom. The van der Waals surface area contributed by atoms with Crippen LogP contribution in [0.1, 0.15) is 25.8 Å². The maximum absolute atomic E-state index is 12.4. The first-order chi connectivity index (χ1) is 10.0. The maximum atomic E-state index is 12.4. The molecule has 1 saturated heterocycles. The fourth-order valence-electron chi connectivity index (χ4n) is 1.98. The predicted octanol–water partition coefficient (Wildman–Crippen LogP) is 2.68. The van der Waals surface area contributed by atoms with Crippen molar-refractivity contribution in [2.24, 2.45) is 0 Å². The number of carbonyl (C=O) groups is 1. The van der Waals surface area contributed by atoms with Gasteiger partial charge in [-0.3, -0.25) is 9.36 Å². The molecular weight excluding hydrogens is 293 g/mol. The second-order valence-electron chi connectivity index (χ2n) is 4.63. The SMILES string of the molecule is CCOP(=O)(Cc1ccc(OC2CC(=O)N2)cc1)OCC. The molecule has 116 valence electrons. The van der Waals surface area contributed by atoms with E-state index in [1.165, 1.54) is 0 Å². The summed E-state index contributed by atoms with van der Waals surface area (Å²) in [6.45, 7) is 4.27. The molecule has 0 radical (unpaired) electrons. The number of benzene rings is 1. The lowest BCUT2D eigenvalue weighted by atomic mass is 10.2. The van der Waals surface area contributed by atoms with Gasteiger partial charge in [0.15, 0.2) is 6.23 Å². The van der Waals surface area contributed by atoms with Crippen LogP contribution in [0.2, 0.25) is 0 Å². The minimum atomic E-state index is -3.08. The molecule has 1 aliphatic heterocycles. The third kappa shape index (κ3) is 4.56. The molecule has 1 atom stereocenters. The Labute approximate surface area is 124 Å². The van der Waals surface area contributed by atoms with Gasteiger partial charge in [0.05, 0.1) is 25.8 Å². The molecule has 0 aliphatic carbocycles. The molecule has 1 fully saturated rings. The van der Waals surface area contributed by atoms with E-state index in [-0.39, 0.29) is 18.3 Å². The van der Waals surface area contributed by atoms with Gasteiger partial charge >= 0.3 is 7.60 Å². The number of ether oxygens (including phenoxy) is 1. The summed E-state index contributed by atoms with van der Waals surface area (Å²) >= 11 is 0. The second-order valence-corrected chi connectivity index (χ2v) is 6.68. The standard InChI is InChI=1S/C14H20NO5P/c1-3-18-21(17,19-4-2)10-11-5-7-12(8-6-11)20-14-9-13(16)15-14/h5-8,14H,3-4,9-10H2,1-2H3,(H,15,16). The van der Waals surface area contributed by atoms with Gasteiger partial charge in [0.25, 0.3) is 0 Å². The molecule has 1 aromatic rings. The van der Waals surface area contributed by atoms with Gasteiger partial charge in [-0.25, -0.2) is 0 Å². The highest BCUT2D eigenvalue weighted by Gasteiger charge is 2.27. The van der Waals surface area contributed by atoms with E-state index in [4.69, 9.17) is 13.8 Å². The van der Waals surface area contributed by atoms with Gasteiger partial charge in [0, 0.05) is 0 Å². The second kappa shape index (κ2) is 7.07. The largest absolute Gasteiger partial charge is 0.470 e. The van der Waals surface area contributed by atoms with Crippen LogP contribution in [0.15, 0.2) is 24.3 Å². The van der Waals surface area contributed by atoms with E-state index in [0.29, 0.717) is 25.4 Å². The monoisotopic (exact) mass is 313 g/mol. The molecule has 0 aromatic heterocycles. The Hall–Kier alpha value is -1.36. The van der Waals surface area contributed by atoms with Crippen LogP contribution in [0.3, 0.4) is 0 Å². The van der Waals surface area contributed by atoms with E-state index in [1.807, 2.05) is 12.1 Å². The van der Waals surface area contributed by atoms with Crippen molar-refractivity contribution in [2.75, 3.05) is 13.2 Å². The first-order valence-corrected chi connectivity index (χ1v) is 8.70. The number of carbonyl (C=O) groups excluding carboxylic acids is 1. The van der Waals surface area contributed by atoms with Crippen LogP contribution in [0, 0.1) is 0 Å². The van der Waals surface area contributed by atoms with Crippen LogP contribution in [-0.4, -0.2) is 25.3 Å². The fraction of sp³-hybridized carbons (Fsp3) is 0.500. The molecule has 6 nitrogen and oxygen atoms in total. The van der Waals surface area contributed by atoms with Gasteiger partial charge < -0.3 is 19.1 Å². The Bertz CT molecular complexity index is 513. The van der Waals surface area contributed by atoms with Crippen molar-refractivity contribution < 1.29 is 23.1 Å². The third-order valence-electron chi connectivity index (χ3n) is 2.92. The summed E-state index contributed by atoms with van der Waals surface area (Å²) in [5.41, 5.74) is 0.852. The zero-order valence-electron chi connectivity index (χ0n) is 12.2. The normalized spacial score (nSPS) is 18.0. The number of amides is 1.